The summed E-state index contributed by atoms with van der Waals surface area (Å²) in [4.78, 5) is 16.0. The number of hydrogen-bond acceptors (Lipinski definition) is 4. The predicted molar refractivity (Wildman–Crippen MR) is 285 cm³/mol. The van der Waals surface area contributed by atoms with Crippen molar-refractivity contribution >= 4 is 5.57 Å². The van der Waals surface area contributed by atoms with E-state index in [2.05, 4.69) is 168 Å². The van der Waals surface area contributed by atoms with Crippen molar-refractivity contribution in [2.45, 2.75) is 122 Å². The summed E-state index contributed by atoms with van der Waals surface area (Å²) in [5.41, 5.74) is 12.4. The molecule has 0 N–H and O–H groups in total. The summed E-state index contributed by atoms with van der Waals surface area (Å²) in [5, 5.41) is 10.1. The molecule has 3 saturated carbocycles. The van der Waals surface area contributed by atoms with E-state index in [9.17, 15) is 5.26 Å². The van der Waals surface area contributed by atoms with E-state index in [1.54, 1.807) is 0 Å². The molecule has 4 nitrogen and oxygen atoms in total. The van der Waals surface area contributed by atoms with Crippen LogP contribution in [0.5, 0.6) is 0 Å². The highest BCUT2D eigenvalue weighted by Crippen LogP contribution is 2.57. The molecule has 6 aromatic rings. The zero-order valence-electron chi connectivity index (χ0n) is 41.7. The van der Waals surface area contributed by atoms with Crippen LogP contribution in [-0.2, 0) is 17.3 Å². The molecule has 5 aromatic carbocycles. The fourth-order valence-electron chi connectivity index (χ4n) is 14.0. The molecule has 0 amide bonds. The summed E-state index contributed by atoms with van der Waals surface area (Å²) in [6, 6.07) is 48.8. The van der Waals surface area contributed by atoms with Gasteiger partial charge in [-0.15, -0.1) is 0 Å². The van der Waals surface area contributed by atoms with Crippen LogP contribution < -0.4 is 0 Å². The maximum absolute atomic E-state index is 10.1. The van der Waals surface area contributed by atoms with Crippen LogP contribution >= 0.6 is 0 Å². The van der Waals surface area contributed by atoms with Crippen molar-refractivity contribution in [1.29, 1.82) is 5.26 Å². The number of rotatable bonds is 13. The Morgan fingerprint density at radius 1 is 0.696 bits per heavy atom. The number of nitriles is 1. The van der Waals surface area contributed by atoms with E-state index in [0.717, 1.165) is 92.0 Å². The number of aryl methyl sites for hydroxylation is 1. The van der Waals surface area contributed by atoms with Gasteiger partial charge in [0.1, 0.15) is 0 Å². The van der Waals surface area contributed by atoms with Gasteiger partial charge in [0.25, 0.3) is 0 Å². The summed E-state index contributed by atoms with van der Waals surface area (Å²) in [6.45, 7) is 16.1. The van der Waals surface area contributed by atoms with Crippen molar-refractivity contribution < 1.29 is 0 Å². The van der Waals surface area contributed by atoms with Crippen LogP contribution in [0.25, 0.3) is 39.7 Å². The number of benzene rings is 5. The number of nitrogens with zero attached hydrogens (tertiary/aromatic N) is 4. The lowest BCUT2D eigenvalue weighted by Gasteiger charge is -2.50. The van der Waals surface area contributed by atoms with Gasteiger partial charge in [0, 0.05) is 22.3 Å². The first kappa shape index (κ1) is 46.5. The lowest BCUT2D eigenvalue weighted by Crippen LogP contribution is -2.42. The predicted octanol–water partition coefficient (Wildman–Crippen LogP) is 16.5. The summed E-state index contributed by atoms with van der Waals surface area (Å²) >= 11 is 0. The monoisotopic (exact) mass is 907 g/mol. The average molecular weight is 907 g/mol. The van der Waals surface area contributed by atoms with Crippen LogP contribution in [0.1, 0.15) is 139 Å². The molecule has 69 heavy (non-hydrogen) atoms. The van der Waals surface area contributed by atoms with Crippen LogP contribution in [0.15, 0.2) is 157 Å². The molecule has 0 radical (unpaired) electrons. The standard InChI is InChI=1S/C65H70N4/c1-7-59-58(37-47(6)42-66)57-32-29-53(38-60(57)65(59,55-17-10-8-11-18-55)56-19-12-9-13-20-56)63-68-61(51-25-23-48(24-26-51)22-21-44(3)34-49-16-14-15-43(2)33-49)67-62(69-63)52-27-30-54(31-28-52)64-39-45(4)35-50(41-64)36-46(5)40-64/h7-13,17-20,23-32,37-38,43-46,49-50H,1,14-16,21-22,33-36,39-41H2,2-6H3/b47-37+/t43-,44+,45-,46+,49-,50?,64?/m0/s1. The van der Waals surface area contributed by atoms with Crippen molar-refractivity contribution in [2.24, 2.45) is 35.5 Å². The van der Waals surface area contributed by atoms with Gasteiger partial charge in [-0.1, -0.05) is 181 Å². The molecule has 0 aliphatic heterocycles. The minimum atomic E-state index is -0.709. The van der Waals surface area contributed by atoms with E-state index in [1.165, 1.54) is 81.8 Å². The Balaban J connectivity index is 1.07. The summed E-state index contributed by atoms with van der Waals surface area (Å²) in [6.07, 6.45) is 19.8. The van der Waals surface area contributed by atoms with Gasteiger partial charge >= 0.3 is 0 Å². The zero-order valence-corrected chi connectivity index (χ0v) is 41.7. The molecule has 4 aliphatic rings. The molecule has 1 heterocycles. The second-order valence-electron chi connectivity index (χ2n) is 22.3. The molecule has 7 atom stereocenters. The third-order valence-corrected chi connectivity index (χ3v) is 16.8. The van der Waals surface area contributed by atoms with Gasteiger partial charge in [0.15, 0.2) is 17.5 Å². The zero-order chi connectivity index (χ0) is 47.7. The van der Waals surface area contributed by atoms with Gasteiger partial charge in [0.05, 0.1) is 11.5 Å². The molecule has 2 unspecified atom stereocenters. The molecule has 0 saturated heterocycles. The van der Waals surface area contributed by atoms with Gasteiger partial charge in [-0.3, -0.25) is 0 Å². The summed E-state index contributed by atoms with van der Waals surface area (Å²) in [5.74, 6) is 6.79. The molecule has 4 aliphatic carbocycles. The number of aromatic nitrogens is 3. The second kappa shape index (κ2) is 19.7. The maximum Gasteiger partial charge on any atom is 0.164 e. The van der Waals surface area contributed by atoms with Crippen LogP contribution in [0.2, 0.25) is 0 Å². The Kier molecular flexibility index (Phi) is 13.3. The summed E-state index contributed by atoms with van der Waals surface area (Å²) < 4.78 is 0. The summed E-state index contributed by atoms with van der Waals surface area (Å²) in [7, 11) is 0. The Morgan fingerprint density at radius 3 is 1.86 bits per heavy atom. The maximum atomic E-state index is 10.1. The first-order valence-electron chi connectivity index (χ1n) is 26.2. The van der Waals surface area contributed by atoms with Crippen LogP contribution in [0.4, 0.5) is 0 Å². The largest absolute Gasteiger partial charge is 0.208 e. The highest BCUT2D eigenvalue weighted by Gasteiger charge is 2.47. The van der Waals surface area contributed by atoms with E-state index in [0.29, 0.717) is 23.0 Å². The van der Waals surface area contributed by atoms with E-state index in [1.807, 2.05) is 19.1 Å². The van der Waals surface area contributed by atoms with Crippen LogP contribution in [0.3, 0.4) is 0 Å². The van der Waals surface area contributed by atoms with Gasteiger partial charge in [-0.05, 0) is 162 Å². The molecular formula is C65H70N4. The molecule has 4 heteroatoms. The number of hydrogen-bond donors (Lipinski definition) is 0. The molecule has 10 rings (SSSR count). The topological polar surface area (TPSA) is 62.5 Å². The quantitative estimate of drug-likeness (QED) is 0.108. The Bertz CT molecular complexity index is 2840. The number of fused-ring (bicyclic) bond motifs is 3. The van der Waals surface area contributed by atoms with Crippen LogP contribution in [-0.4, -0.2) is 15.0 Å². The van der Waals surface area contributed by atoms with Gasteiger partial charge in [-0.2, -0.15) is 5.26 Å². The van der Waals surface area contributed by atoms with Crippen molar-refractivity contribution in [3.05, 3.63) is 191 Å². The lowest BCUT2D eigenvalue weighted by atomic mass is 9.54. The molecule has 350 valence electrons. The minimum Gasteiger partial charge on any atom is -0.208 e. The minimum absolute atomic E-state index is 0.245. The fourth-order valence-corrected chi connectivity index (χ4v) is 14.0. The normalized spacial score (nSPS) is 24.6. The highest BCUT2D eigenvalue weighted by atomic mass is 15.0. The molecule has 3 fully saturated rings. The third kappa shape index (κ3) is 9.23. The third-order valence-electron chi connectivity index (χ3n) is 16.8. The van der Waals surface area contributed by atoms with Crippen molar-refractivity contribution in [1.82, 2.24) is 15.0 Å². The van der Waals surface area contributed by atoms with Crippen LogP contribution in [0, 0.1) is 46.8 Å². The first-order valence-corrected chi connectivity index (χ1v) is 26.2. The van der Waals surface area contributed by atoms with Gasteiger partial charge < -0.3 is 0 Å². The van der Waals surface area contributed by atoms with E-state index in [4.69, 9.17) is 15.0 Å². The highest BCUT2D eigenvalue weighted by molar-refractivity contribution is 5.93. The Morgan fingerprint density at radius 2 is 1.28 bits per heavy atom. The second-order valence-corrected chi connectivity index (χ2v) is 22.3. The smallest absolute Gasteiger partial charge is 0.164 e. The molecular weight excluding hydrogens is 837 g/mol. The van der Waals surface area contributed by atoms with Crippen molar-refractivity contribution in [3.8, 4) is 40.2 Å². The Hall–Kier alpha value is -6.18. The van der Waals surface area contributed by atoms with Gasteiger partial charge in [-0.25, -0.2) is 15.0 Å². The molecule has 0 spiro atoms. The van der Waals surface area contributed by atoms with Crippen molar-refractivity contribution in [3.63, 3.8) is 0 Å². The molecule has 2 bridgehead atoms. The SMILES string of the molecule is C=CC1=C(/C=C(\C)C#N)c2ccc(-c3nc(-c4ccc(CC[C@@H](C)C[C@H]5CCC[C@H](C)C5)cc4)nc(-c4ccc(C56CC(C[C@@H](C)C5)C[C@H](C)C6)cc4)n3)cc2C1(c1ccccc1)c1ccccc1. The fraction of sp³-hybridized carbons (Fsp3) is 0.385. The van der Waals surface area contributed by atoms with E-state index < -0.39 is 5.41 Å². The van der Waals surface area contributed by atoms with E-state index in [-0.39, 0.29) is 5.41 Å². The van der Waals surface area contributed by atoms with Crippen molar-refractivity contribution in [2.75, 3.05) is 0 Å². The number of allylic oxidation sites excluding steroid dienone is 5. The first-order chi connectivity index (χ1) is 33.5. The lowest BCUT2D eigenvalue weighted by molar-refractivity contribution is 0.0780. The Labute approximate surface area is 412 Å². The average Bonchev–Trinajstić information content (AvgIpc) is 3.64. The van der Waals surface area contributed by atoms with Gasteiger partial charge in [0.2, 0.25) is 0 Å². The van der Waals surface area contributed by atoms with E-state index >= 15 is 0 Å². The molecule has 1 aromatic heterocycles.